The molecule has 0 aliphatic heterocycles. The monoisotopic (exact) mass is 388 g/mol. The highest BCUT2D eigenvalue weighted by Gasteiger charge is 2.29. The molecule has 3 atom stereocenters. The summed E-state index contributed by atoms with van der Waals surface area (Å²) in [4.78, 5) is 11.5. The highest BCUT2D eigenvalue weighted by molar-refractivity contribution is 5.76. The Labute approximate surface area is 160 Å². The van der Waals surface area contributed by atoms with Crippen molar-refractivity contribution >= 4 is 11.5 Å². The molecule has 0 saturated heterocycles. The second-order valence-corrected chi connectivity index (χ2v) is 6.13. The quantitative estimate of drug-likeness (QED) is 0.556. The molecule has 0 bridgehead atoms. The van der Waals surface area contributed by atoms with Crippen LogP contribution >= 0.6 is 0 Å². The van der Waals surface area contributed by atoms with Gasteiger partial charge in [-0.2, -0.15) is 0 Å². The average Bonchev–Trinajstić information content (AvgIpc) is 3.06. The van der Waals surface area contributed by atoms with Crippen molar-refractivity contribution in [1.82, 2.24) is 20.2 Å². The van der Waals surface area contributed by atoms with Gasteiger partial charge in [0.2, 0.25) is 0 Å². The van der Waals surface area contributed by atoms with Crippen molar-refractivity contribution < 1.29 is 24.5 Å². The van der Waals surface area contributed by atoms with Gasteiger partial charge in [-0.3, -0.25) is 4.79 Å². The van der Waals surface area contributed by atoms with E-state index >= 15 is 0 Å². The summed E-state index contributed by atoms with van der Waals surface area (Å²) in [6.07, 6.45) is 3.57. The third-order valence-electron chi connectivity index (χ3n) is 4.01. The minimum atomic E-state index is -1.36. The largest absolute Gasteiger partial charge is 0.481 e. The summed E-state index contributed by atoms with van der Waals surface area (Å²) in [5.74, 6) is -2.55. The molecule has 0 saturated carbocycles. The van der Waals surface area contributed by atoms with Crippen molar-refractivity contribution in [3.63, 3.8) is 0 Å². The van der Waals surface area contributed by atoms with Gasteiger partial charge >= 0.3 is 5.97 Å². The van der Waals surface area contributed by atoms with Gasteiger partial charge in [-0.05, 0) is 28.1 Å². The summed E-state index contributed by atoms with van der Waals surface area (Å²) < 4.78 is 14.5. The number of aliphatic carboxylic acids is 1. The fraction of sp³-hybridized carbons (Fsp3) is 0.263. The van der Waals surface area contributed by atoms with E-state index in [2.05, 4.69) is 22.1 Å². The van der Waals surface area contributed by atoms with Gasteiger partial charge in [-0.25, -0.2) is 9.07 Å². The maximum atomic E-state index is 13.0. The molecule has 0 aliphatic rings. The standard InChI is InChI=1S/C19H21FN4O4/c1-12(18-21-22-23-24(18)2)5-3-4-6-15(25)11-16(26)17(19(27)28)13-7-9-14(20)10-8-13/h3-10,15-17,25-26H,1,11H2,2H3,(H,27,28). The van der Waals surface area contributed by atoms with Crippen LogP contribution in [0.5, 0.6) is 0 Å². The van der Waals surface area contributed by atoms with E-state index in [4.69, 9.17) is 0 Å². The molecular formula is C19H21FN4O4. The van der Waals surface area contributed by atoms with Gasteiger partial charge in [0, 0.05) is 19.0 Å². The zero-order valence-electron chi connectivity index (χ0n) is 15.2. The molecule has 9 heteroatoms. The number of hydrogen-bond acceptors (Lipinski definition) is 6. The fourth-order valence-electron chi connectivity index (χ4n) is 2.60. The Morgan fingerprint density at radius 2 is 1.96 bits per heavy atom. The zero-order chi connectivity index (χ0) is 20.7. The minimum Gasteiger partial charge on any atom is -0.481 e. The Bertz CT molecular complexity index is 876. The van der Waals surface area contributed by atoms with Crippen molar-refractivity contribution in [2.75, 3.05) is 0 Å². The molecule has 0 amide bonds. The summed E-state index contributed by atoms with van der Waals surface area (Å²) in [5, 5.41) is 40.7. The lowest BCUT2D eigenvalue weighted by atomic mass is 9.90. The van der Waals surface area contributed by atoms with Crippen molar-refractivity contribution in [2.24, 2.45) is 7.05 Å². The molecule has 3 unspecified atom stereocenters. The van der Waals surface area contributed by atoms with E-state index in [1.54, 1.807) is 25.3 Å². The van der Waals surface area contributed by atoms with Crippen LogP contribution in [0.1, 0.15) is 23.7 Å². The number of carboxylic acids is 1. The van der Waals surface area contributed by atoms with Gasteiger partial charge in [-0.15, -0.1) is 5.10 Å². The number of tetrazole rings is 1. The number of hydrogen-bond donors (Lipinski definition) is 3. The van der Waals surface area contributed by atoms with Crippen LogP contribution in [-0.4, -0.2) is 53.7 Å². The van der Waals surface area contributed by atoms with Crippen molar-refractivity contribution in [3.8, 4) is 0 Å². The molecule has 0 aliphatic carbocycles. The van der Waals surface area contributed by atoms with E-state index in [9.17, 15) is 24.5 Å². The van der Waals surface area contributed by atoms with Crippen LogP contribution in [0, 0.1) is 5.82 Å². The number of aliphatic hydroxyl groups excluding tert-OH is 2. The van der Waals surface area contributed by atoms with Crippen molar-refractivity contribution in [1.29, 1.82) is 0 Å². The van der Waals surface area contributed by atoms with E-state index in [0.717, 1.165) is 12.1 Å². The number of nitrogens with zero attached hydrogens (tertiary/aromatic N) is 4. The van der Waals surface area contributed by atoms with Crippen LogP contribution in [0.4, 0.5) is 4.39 Å². The third-order valence-corrected chi connectivity index (χ3v) is 4.01. The second kappa shape index (κ2) is 9.67. The summed E-state index contributed by atoms with van der Waals surface area (Å²) in [5.41, 5.74) is 0.819. The minimum absolute atomic E-state index is 0.202. The molecule has 28 heavy (non-hydrogen) atoms. The summed E-state index contributed by atoms with van der Waals surface area (Å²) in [6.45, 7) is 3.83. The molecule has 1 aromatic carbocycles. The Morgan fingerprint density at radius 3 is 2.54 bits per heavy atom. The van der Waals surface area contributed by atoms with E-state index in [-0.39, 0.29) is 12.0 Å². The van der Waals surface area contributed by atoms with Crippen molar-refractivity contribution in [2.45, 2.75) is 24.5 Å². The number of carboxylic acid groups (broad SMARTS) is 1. The van der Waals surface area contributed by atoms with Crippen LogP contribution in [0.15, 0.2) is 55.1 Å². The molecule has 148 valence electrons. The Hall–Kier alpha value is -3.17. The number of carbonyl (C=O) groups is 1. The Kier molecular flexibility index (Phi) is 7.30. The summed E-state index contributed by atoms with van der Waals surface area (Å²) >= 11 is 0. The number of halogens is 1. The van der Waals surface area contributed by atoms with Gasteiger partial charge in [0.15, 0.2) is 5.82 Å². The molecule has 1 heterocycles. The molecule has 1 aromatic heterocycles. The van der Waals surface area contributed by atoms with E-state index in [0.29, 0.717) is 11.4 Å². The van der Waals surface area contributed by atoms with E-state index in [1.807, 2.05) is 0 Å². The number of aliphatic hydroxyl groups is 2. The number of aryl methyl sites for hydroxylation is 1. The lowest BCUT2D eigenvalue weighted by molar-refractivity contribution is -0.142. The maximum Gasteiger partial charge on any atom is 0.313 e. The Balaban J connectivity index is 1.95. The first kappa shape index (κ1) is 21.1. The summed E-state index contributed by atoms with van der Waals surface area (Å²) in [6, 6.07) is 4.85. The van der Waals surface area contributed by atoms with Crippen molar-refractivity contribution in [3.05, 3.63) is 72.4 Å². The molecule has 2 aromatic rings. The first-order chi connectivity index (χ1) is 13.3. The molecule has 0 fully saturated rings. The van der Waals surface area contributed by atoms with Gasteiger partial charge < -0.3 is 15.3 Å². The number of allylic oxidation sites excluding steroid dienone is 4. The maximum absolute atomic E-state index is 13.0. The van der Waals surface area contributed by atoms with Gasteiger partial charge in [0.1, 0.15) is 11.7 Å². The van der Waals surface area contributed by atoms with Crippen LogP contribution < -0.4 is 0 Å². The highest BCUT2D eigenvalue weighted by atomic mass is 19.1. The van der Waals surface area contributed by atoms with Gasteiger partial charge in [-0.1, -0.05) is 43.0 Å². The van der Waals surface area contributed by atoms with Gasteiger partial charge in [0.25, 0.3) is 0 Å². The molecule has 3 N–H and O–H groups in total. The lowest BCUT2D eigenvalue weighted by Crippen LogP contribution is -2.29. The van der Waals surface area contributed by atoms with E-state index < -0.39 is 29.9 Å². The molecule has 8 nitrogen and oxygen atoms in total. The summed E-state index contributed by atoms with van der Waals surface area (Å²) in [7, 11) is 1.68. The SMILES string of the molecule is C=C(C=CC=CC(O)CC(O)C(C(=O)O)c1ccc(F)cc1)c1nnnn1C. The smallest absolute Gasteiger partial charge is 0.313 e. The third kappa shape index (κ3) is 5.66. The first-order valence-electron chi connectivity index (χ1n) is 8.40. The average molecular weight is 388 g/mol. The highest BCUT2D eigenvalue weighted by Crippen LogP contribution is 2.24. The molecular weight excluding hydrogens is 367 g/mol. The molecule has 0 radical (unpaired) electrons. The predicted octanol–water partition coefficient (Wildman–Crippen LogP) is 1.46. The number of benzene rings is 1. The lowest BCUT2D eigenvalue weighted by Gasteiger charge is -2.21. The zero-order valence-corrected chi connectivity index (χ0v) is 15.2. The van der Waals surface area contributed by atoms with Gasteiger partial charge in [0.05, 0.1) is 12.2 Å². The second-order valence-electron chi connectivity index (χ2n) is 6.13. The van der Waals surface area contributed by atoms with E-state index in [1.165, 1.54) is 22.9 Å². The number of rotatable bonds is 9. The Morgan fingerprint density at radius 1 is 1.29 bits per heavy atom. The topological polar surface area (TPSA) is 121 Å². The van der Waals surface area contributed by atoms with Crippen LogP contribution in [0.25, 0.3) is 5.57 Å². The number of aromatic nitrogens is 4. The van der Waals surface area contributed by atoms with Crippen LogP contribution in [-0.2, 0) is 11.8 Å². The predicted molar refractivity (Wildman–Crippen MR) is 99.5 cm³/mol. The van der Waals surface area contributed by atoms with Crippen LogP contribution in [0.3, 0.4) is 0 Å². The molecule has 0 spiro atoms. The molecule has 2 rings (SSSR count). The first-order valence-corrected chi connectivity index (χ1v) is 8.40. The van der Waals surface area contributed by atoms with Crippen LogP contribution in [0.2, 0.25) is 0 Å². The normalized spacial score (nSPS) is 15.0. The fourth-order valence-corrected chi connectivity index (χ4v) is 2.60.